The number of rotatable bonds is 1. The molecule has 0 aliphatic carbocycles. The van der Waals surface area contributed by atoms with Gasteiger partial charge in [0.2, 0.25) is 0 Å². The number of hydrogen-bond donors (Lipinski definition) is 0. The Balaban J connectivity index is 3.16. The van der Waals surface area contributed by atoms with E-state index in [4.69, 9.17) is 11.6 Å². The van der Waals surface area contributed by atoms with Crippen molar-refractivity contribution >= 4 is 17.6 Å². The van der Waals surface area contributed by atoms with E-state index in [1.807, 2.05) is 0 Å². The molecule has 0 saturated heterocycles. The van der Waals surface area contributed by atoms with Gasteiger partial charge in [-0.2, -0.15) is 0 Å². The molecule has 1 rings (SSSR count). The van der Waals surface area contributed by atoms with Gasteiger partial charge >= 0.3 is 5.97 Å². The maximum absolute atomic E-state index is 11.1. The standard InChI is InChI=1S/C9H8ClO2/c1-6-7(9(11)12-2)4-3-5-8(6)10/h4-5H,1-2H3. The van der Waals surface area contributed by atoms with Crippen LogP contribution in [0.15, 0.2) is 12.1 Å². The summed E-state index contributed by atoms with van der Waals surface area (Å²) in [6, 6.07) is 5.93. The number of esters is 1. The van der Waals surface area contributed by atoms with Crippen LogP contribution < -0.4 is 0 Å². The van der Waals surface area contributed by atoms with E-state index in [0.29, 0.717) is 10.6 Å². The lowest BCUT2D eigenvalue weighted by molar-refractivity contribution is 0.0600. The van der Waals surface area contributed by atoms with Crippen molar-refractivity contribution < 1.29 is 9.53 Å². The number of ether oxygens (including phenoxy) is 1. The van der Waals surface area contributed by atoms with E-state index >= 15 is 0 Å². The van der Waals surface area contributed by atoms with Gasteiger partial charge < -0.3 is 4.74 Å². The van der Waals surface area contributed by atoms with E-state index in [1.54, 1.807) is 19.1 Å². The minimum absolute atomic E-state index is 0.383. The van der Waals surface area contributed by atoms with Gasteiger partial charge in [0, 0.05) is 5.02 Å². The molecule has 0 spiro atoms. The first-order valence-corrected chi connectivity index (χ1v) is 3.79. The fourth-order valence-corrected chi connectivity index (χ4v) is 1.03. The van der Waals surface area contributed by atoms with Crippen molar-refractivity contribution in [3.63, 3.8) is 0 Å². The Morgan fingerprint density at radius 3 is 2.83 bits per heavy atom. The predicted molar refractivity (Wildman–Crippen MR) is 46.4 cm³/mol. The Morgan fingerprint density at radius 1 is 1.58 bits per heavy atom. The van der Waals surface area contributed by atoms with Gasteiger partial charge in [0.15, 0.2) is 0 Å². The van der Waals surface area contributed by atoms with Gasteiger partial charge in [-0.25, -0.2) is 4.79 Å². The van der Waals surface area contributed by atoms with E-state index < -0.39 is 0 Å². The Labute approximate surface area is 76.1 Å². The predicted octanol–water partition coefficient (Wildman–Crippen LogP) is 2.24. The van der Waals surface area contributed by atoms with Crippen LogP contribution in [0.1, 0.15) is 15.9 Å². The average Bonchev–Trinajstić information content (AvgIpc) is 2.08. The van der Waals surface area contributed by atoms with Gasteiger partial charge in [0.05, 0.1) is 12.7 Å². The molecule has 1 aromatic rings. The molecule has 0 fully saturated rings. The van der Waals surface area contributed by atoms with Crippen molar-refractivity contribution in [1.82, 2.24) is 0 Å². The quantitative estimate of drug-likeness (QED) is 0.625. The van der Waals surface area contributed by atoms with Crippen LogP contribution in [0.4, 0.5) is 0 Å². The van der Waals surface area contributed by atoms with E-state index in [-0.39, 0.29) is 5.97 Å². The number of carbonyl (C=O) groups excluding carboxylic acids is 1. The molecule has 0 heterocycles. The van der Waals surface area contributed by atoms with Gasteiger partial charge in [0.25, 0.3) is 0 Å². The monoisotopic (exact) mass is 183 g/mol. The molecule has 0 saturated carbocycles. The Bertz CT molecular complexity index is 307. The maximum atomic E-state index is 11.1. The molecule has 0 aromatic heterocycles. The third kappa shape index (κ3) is 1.59. The van der Waals surface area contributed by atoms with E-state index in [1.165, 1.54) is 7.11 Å². The zero-order valence-electron chi connectivity index (χ0n) is 6.85. The lowest BCUT2D eigenvalue weighted by Gasteiger charge is -2.03. The van der Waals surface area contributed by atoms with Crippen molar-refractivity contribution in [3.05, 3.63) is 34.3 Å². The highest BCUT2D eigenvalue weighted by molar-refractivity contribution is 6.31. The number of hydrogen-bond acceptors (Lipinski definition) is 2. The fourth-order valence-electron chi connectivity index (χ4n) is 0.865. The number of carbonyl (C=O) groups is 1. The number of methoxy groups -OCH3 is 1. The summed E-state index contributed by atoms with van der Waals surface area (Å²) in [5.41, 5.74) is 1.19. The Hall–Kier alpha value is -1.02. The molecular weight excluding hydrogens is 176 g/mol. The van der Waals surface area contributed by atoms with Crippen LogP contribution in [0.5, 0.6) is 0 Å². The van der Waals surface area contributed by atoms with Crippen LogP contribution in [0.3, 0.4) is 0 Å². The molecule has 0 bridgehead atoms. The summed E-state index contributed by atoms with van der Waals surface area (Å²) in [5, 5.41) is 0.526. The van der Waals surface area contributed by atoms with Gasteiger partial charge in [-0.05, 0) is 30.7 Å². The molecule has 0 aliphatic heterocycles. The first-order chi connectivity index (χ1) is 5.66. The second-order valence-electron chi connectivity index (χ2n) is 2.33. The van der Waals surface area contributed by atoms with Crippen molar-refractivity contribution in [2.75, 3.05) is 7.11 Å². The Kier molecular flexibility index (Phi) is 2.71. The lowest BCUT2D eigenvalue weighted by Crippen LogP contribution is -2.03. The van der Waals surface area contributed by atoms with Crippen LogP contribution in [-0.2, 0) is 4.74 Å². The molecule has 1 aromatic carbocycles. The van der Waals surface area contributed by atoms with Gasteiger partial charge in [-0.1, -0.05) is 11.6 Å². The summed E-state index contributed by atoms with van der Waals surface area (Å²) >= 11 is 5.78. The normalized spacial score (nSPS) is 9.58. The second kappa shape index (κ2) is 3.59. The third-order valence-electron chi connectivity index (χ3n) is 1.61. The zero-order valence-corrected chi connectivity index (χ0v) is 7.61. The topological polar surface area (TPSA) is 26.3 Å². The minimum atomic E-state index is -0.383. The van der Waals surface area contributed by atoms with Crippen molar-refractivity contribution in [1.29, 1.82) is 0 Å². The molecule has 0 unspecified atom stereocenters. The van der Waals surface area contributed by atoms with Crippen LogP contribution in [0.2, 0.25) is 5.02 Å². The van der Waals surface area contributed by atoms with Crippen LogP contribution >= 0.6 is 11.6 Å². The van der Waals surface area contributed by atoms with Gasteiger partial charge in [0.1, 0.15) is 0 Å². The fraction of sp³-hybridized carbons (Fsp3) is 0.222. The number of halogens is 1. The molecular formula is C9H8ClO2. The highest BCUT2D eigenvalue weighted by atomic mass is 35.5. The lowest BCUT2D eigenvalue weighted by atomic mass is 10.1. The second-order valence-corrected chi connectivity index (χ2v) is 2.74. The largest absolute Gasteiger partial charge is 0.465 e. The van der Waals surface area contributed by atoms with Crippen molar-refractivity contribution in [2.45, 2.75) is 6.92 Å². The summed E-state index contributed by atoms with van der Waals surface area (Å²) in [6.07, 6.45) is 0. The van der Waals surface area contributed by atoms with E-state index in [2.05, 4.69) is 10.8 Å². The molecule has 0 amide bonds. The third-order valence-corrected chi connectivity index (χ3v) is 2.00. The molecule has 2 nitrogen and oxygen atoms in total. The van der Waals surface area contributed by atoms with E-state index in [0.717, 1.165) is 5.56 Å². The number of benzene rings is 1. The SMILES string of the molecule is COC(=O)c1c[c]cc(Cl)c1C. The molecule has 1 radical (unpaired) electrons. The molecule has 0 atom stereocenters. The highest BCUT2D eigenvalue weighted by Gasteiger charge is 2.09. The summed E-state index contributed by atoms with van der Waals surface area (Å²) in [6.45, 7) is 1.77. The molecule has 3 heteroatoms. The summed E-state index contributed by atoms with van der Waals surface area (Å²) in [7, 11) is 1.34. The molecule has 0 N–H and O–H groups in total. The van der Waals surface area contributed by atoms with Crippen LogP contribution in [0.25, 0.3) is 0 Å². The first-order valence-electron chi connectivity index (χ1n) is 3.41. The van der Waals surface area contributed by atoms with Crippen molar-refractivity contribution in [2.24, 2.45) is 0 Å². The molecule has 63 valence electrons. The summed E-state index contributed by atoms with van der Waals surface area (Å²) < 4.78 is 4.55. The minimum Gasteiger partial charge on any atom is -0.465 e. The maximum Gasteiger partial charge on any atom is 0.338 e. The molecule has 0 aliphatic rings. The Morgan fingerprint density at radius 2 is 2.25 bits per heavy atom. The van der Waals surface area contributed by atoms with Crippen LogP contribution in [0, 0.1) is 13.0 Å². The van der Waals surface area contributed by atoms with Gasteiger partial charge in [-0.15, -0.1) is 0 Å². The zero-order chi connectivity index (χ0) is 9.14. The first kappa shape index (κ1) is 9.07. The van der Waals surface area contributed by atoms with Crippen molar-refractivity contribution in [3.8, 4) is 0 Å². The highest BCUT2D eigenvalue weighted by Crippen LogP contribution is 2.18. The summed E-state index contributed by atoms with van der Waals surface area (Å²) in [5.74, 6) is -0.383. The molecule has 12 heavy (non-hydrogen) atoms. The summed E-state index contributed by atoms with van der Waals surface area (Å²) in [4.78, 5) is 11.1. The smallest absolute Gasteiger partial charge is 0.338 e. The van der Waals surface area contributed by atoms with E-state index in [9.17, 15) is 4.79 Å². The van der Waals surface area contributed by atoms with Gasteiger partial charge in [-0.3, -0.25) is 0 Å². The van der Waals surface area contributed by atoms with Crippen LogP contribution in [-0.4, -0.2) is 13.1 Å². The average molecular weight is 184 g/mol.